The normalized spacial score (nSPS) is 38.2. The van der Waals surface area contributed by atoms with Crippen LogP contribution in [-0.4, -0.2) is 69.9 Å². The molecule has 1 saturated carbocycles. The summed E-state index contributed by atoms with van der Waals surface area (Å²) in [5, 5.41) is 39.2. The van der Waals surface area contributed by atoms with Crippen molar-refractivity contribution in [1.29, 1.82) is 0 Å². The lowest BCUT2D eigenvalue weighted by atomic mass is 9.94. The standard InChI is InChI=1S/C19H28O7/c20-10-15-16(21)17(22)18(23)19(26-15)25-14-9-5-4-8-13(14)24-11-12-6-2-1-3-7-12/h1-3,6-7,13-23H,4-5,8-11H2/t13-,14+,15+,16-,17-,18+,19?/m0/s1. The monoisotopic (exact) mass is 368 g/mol. The average molecular weight is 368 g/mol. The van der Waals surface area contributed by atoms with E-state index in [1.807, 2.05) is 30.3 Å². The molecule has 1 aliphatic carbocycles. The first-order valence-electron chi connectivity index (χ1n) is 9.21. The first kappa shape index (κ1) is 19.7. The number of ether oxygens (including phenoxy) is 3. The minimum Gasteiger partial charge on any atom is -0.394 e. The second kappa shape index (κ2) is 9.23. The molecule has 1 unspecified atom stereocenters. The lowest BCUT2D eigenvalue weighted by molar-refractivity contribution is -0.320. The SMILES string of the molecule is OC[C@H]1OC(O[C@@H]2CCCC[C@@H]2OCc2ccccc2)[C@H](O)[C@@H](O)[C@H]1O. The molecule has 1 aromatic carbocycles. The molecule has 7 heteroatoms. The van der Waals surface area contributed by atoms with Gasteiger partial charge >= 0.3 is 0 Å². The van der Waals surface area contributed by atoms with Crippen LogP contribution in [0, 0.1) is 0 Å². The summed E-state index contributed by atoms with van der Waals surface area (Å²) in [5.41, 5.74) is 1.07. The fourth-order valence-corrected chi connectivity index (χ4v) is 3.54. The number of aliphatic hydroxyl groups excluding tert-OH is 4. The summed E-state index contributed by atoms with van der Waals surface area (Å²) < 4.78 is 17.4. The van der Waals surface area contributed by atoms with E-state index in [9.17, 15) is 20.4 Å². The molecule has 2 aliphatic rings. The molecule has 7 atom stereocenters. The zero-order valence-electron chi connectivity index (χ0n) is 14.7. The molecule has 0 aromatic heterocycles. The lowest BCUT2D eigenvalue weighted by Crippen LogP contribution is -2.60. The fourth-order valence-electron chi connectivity index (χ4n) is 3.54. The molecule has 1 aromatic rings. The summed E-state index contributed by atoms with van der Waals surface area (Å²) >= 11 is 0. The van der Waals surface area contributed by atoms with Gasteiger partial charge in [0.1, 0.15) is 24.4 Å². The Morgan fingerprint density at radius 2 is 1.62 bits per heavy atom. The summed E-state index contributed by atoms with van der Waals surface area (Å²) in [5.74, 6) is 0. The van der Waals surface area contributed by atoms with Crippen LogP contribution in [0.1, 0.15) is 31.2 Å². The number of hydrogen-bond acceptors (Lipinski definition) is 7. The highest BCUT2D eigenvalue weighted by molar-refractivity contribution is 5.13. The van der Waals surface area contributed by atoms with Crippen LogP contribution >= 0.6 is 0 Å². The van der Waals surface area contributed by atoms with E-state index in [4.69, 9.17) is 14.2 Å². The third-order valence-corrected chi connectivity index (χ3v) is 5.11. The van der Waals surface area contributed by atoms with E-state index in [1.165, 1.54) is 0 Å². The summed E-state index contributed by atoms with van der Waals surface area (Å²) in [4.78, 5) is 0. The van der Waals surface area contributed by atoms with Crippen LogP contribution in [-0.2, 0) is 20.8 Å². The molecule has 0 spiro atoms. The van der Waals surface area contributed by atoms with Crippen molar-refractivity contribution in [2.24, 2.45) is 0 Å². The van der Waals surface area contributed by atoms with Gasteiger partial charge in [-0.25, -0.2) is 0 Å². The zero-order chi connectivity index (χ0) is 18.5. The Bertz CT molecular complexity index is 538. The Labute approximate surface area is 153 Å². The number of rotatable bonds is 6. The smallest absolute Gasteiger partial charge is 0.187 e. The van der Waals surface area contributed by atoms with Gasteiger partial charge < -0.3 is 34.6 Å². The van der Waals surface area contributed by atoms with E-state index in [0.29, 0.717) is 6.61 Å². The number of hydrogen-bond donors (Lipinski definition) is 4. The second-order valence-electron chi connectivity index (χ2n) is 6.99. The molecule has 0 bridgehead atoms. The van der Waals surface area contributed by atoms with Crippen LogP contribution in [0.25, 0.3) is 0 Å². The third kappa shape index (κ3) is 4.61. The highest BCUT2D eigenvalue weighted by atomic mass is 16.7. The van der Waals surface area contributed by atoms with Gasteiger partial charge in [-0.15, -0.1) is 0 Å². The Morgan fingerprint density at radius 1 is 0.923 bits per heavy atom. The molecule has 7 nitrogen and oxygen atoms in total. The molecule has 0 amide bonds. The van der Waals surface area contributed by atoms with Crippen molar-refractivity contribution in [3.05, 3.63) is 35.9 Å². The third-order valence-electron chi connectivity index (χ3n) is 5.11. The van der Waals surface area contributed by atoms with Gasteiger partial charge in [0, 0.05) is 0 Å². The topological polar surface area (TPSA) is 109 Å². The van der Waals surface area contributed by atoms with Gasteiger partial charge in [-0.05, 0) is 18.4 Å². The molecule has 146 valence electrons. The van der Waals surface area contributed by atoms with Gasteiger partial charge in [0.05, 0.1) is 25.4 Å². The molecular weight excluding hydrogens is 340 g/mol. The molecule has 1 heterocycles. The van der Waals surface area contributed by atoms with Gasteiger partial charge in [0.25, 0.3) is 0 Å². The van der Waals surface area contributed by atoms with Crippen molar-refractivity contribution in [3.8, 4) is 0 Å². The largest absolute Gasteiger partial charge is 0.394 e. The van der Waals surface area contributed by atoms with E-state index < -0.39 is 37.3 Å². The fraction of sp³-hybridized carbons (Fsp3) is 0.684. The highest BCUT2D eigenvalue weighted by Crippen LogP contribution is 2.29. The predicted octanol–water partition coefficient (Wildman–Crippen LogP) is 0.331. The van der Waals surface area contributed by atoms with Crippen molar-refractivity contribution in [1.82, 2.24) is 0 Å². The molecule has 2 fully saturated rings. The van der Waals surface area contributed by atoms with E-state index >= 15 is 0 Å². The van der Waals surface area contributed by atoms with Crippen LogP contribution in [0.2, 0.25) is 0 Å². The van der Waals surface area contributed by atoms with E-state index in [2.05, 4.69) is 0 Å². The Morgan fingerprint density at radius 3 is 2.31 bits per heavy atom. The average Bonchev–Trinajstić information content (AvgIpc) is 2.68. The number of benzene rings is 1. The maximum absolute atomic E-state index is 10.2. The maximum atomic E-state index is 10.2. The summed E-state index contributed by atoms with van der Waals surface area (Å²) in [6.45, 7) is 0.00343. The van der Waals surface area contributed by atoms with E-state index in [-0.39, 0.29) is 12.2 Å². The minimum absolute atomic E-state index is 0.142. The van der Waals surface area contributed by atoms with Crippen LogP contribution < -0.4 is 0 Å². The minimum atomic E-state index is -1.43. The molecular formula is C19H28O7. The summed E-state index contributed by atoms with van der Waals surface area (Å²) in [6.07, 6.45) is -3.09. The van der Waals surface area contributed by atoms with E-state index in [0.717, 1.165) is 31.2 Å². The first-order valence-corrected chi connectivity index (χ1v) is 9.21. The van der Waals surface area contributed by atoms with Crippen LogP contribution in [0.3, 0.4) is 0 Å². The lowest BCUT2D eigenvalue weighted by Gasteiger charge is -2.42. The van der Waals surface area contributed by atoms with Gasteiger partial charge in [0.15, 0.2) is 6.29 Å². The van der Waals surface area contributed by atoms with Gasteiger partial charge in [-0.3, -0.25) is 0 Å². The van der Waals surface area contributed by atoms with Gasteiger partial charge in [0.2, 0.25) is 0 Å². The van der Waals surface area contributed by atoms with Crippen molar-refractivity contribution in [2.75, 3.05) is 6.61 Å². The van der Waals surface area contributed by atoms with Crippen molar-refractivity contribution in [3.63, 3.8) is 0 Å². The van der Waals surface area contributed by atoms with Crippen molar-refractivity contribution >= 4 is 0 Å². The maximum Gasteiger partial charge on any atom is 0.187 e. The van der Waals surface area contributed by atoms with Gasteiger partial charge in [-0.2, -0.15) is 0 Å². The van der Waals surface area contributed by atoms with Gasteiger partial charge in [-0.1, -0.05) is 43.2 Å². The van der Waals surface area contributed by atoms with E-state index in [1.54, 1.807) is 0 Å². The van der Waals surface area contributed by atoms with Crippen LogP contribution in [0.15, 0.2) is 30.3 Å². The summed E-state index contributed by atoms with van der Waals surface area (Å²) in [6, 6.07) is 9.87. The molecule has 3 rings (SSSR count). The quantitative estimate of drug-likeness (QED) is 0.573. The zero-order valence-corrected chi connectivity index (χ0v) is 14.7. The molecule has 26 heavy (non-hydrogen) atoms. The molecule has 1 aliphatic heterocycles. The van der Waals surface area contributed by atoms with Crippen molar-refractivity contribution < 1.29 is 34.6 Å². The van der Waals surface area contributed by atoms with Crippen LogP contribution in [0.4, 0.5) is 0 Å². The number of aliphatic hydroxyl groups is 4. The highest BCUT2D eigenvalue weighted by Gasteiger charge is 2.45. The first-order chi connectivity index (χ1) is 12.6. The molecule has 1 saturated heterocycles. The Hall–Kier alpha value is -1.06. The molecule has 4 N–H and O–H groups in total. The molecule has 0 radical (unpaired) electrons. The second-order valence-corrected chi connectivity index (χ2v) is 6.99. The van der Waals surface area contributed by atoms with Crippen molar-refractivity contribution in [2.45, 2.75) is 75.2 Å². The summed E-state index contributed by atoms with van der Waals surface area (Å²) in [7, 11) is 0. The Kier molecular flexibility index (Phi) is 6.99. The predicted molar refractivity (Wildman–Crippen MR) is 92.1 cm³/mol. The Balaban J connectivity index is 1.60. The van der Waals surface area contributed by atoms with Crippen LogP contribution in [0.5, 0.6) is 0 Å².